The Hall–Kier alpha value is -0.680. The molecule has 1 unspecified atom stereocenters. The van der Waals surface area contributed by atoms with Gasteiger partial charge in [0.15, 0.2) is 0 Å². The molecular weight excluding hydrogens is 259 g/mol. The highest BCUT2D eigenvalue weighted by Crippen LogP contribution is 2.32. The van der Waals surface area contributed by atoms with E-state index in [0.717, 1.165) is 23.1 Å². The van der Waals surface area contributed by atoms with Crippen LogP contribution in [-0.2, 0) is 6.18 Å². The third-order valence-electron chi connectivity index (χ3n) is 2.81. The van der Waals surface area contributed by atoms with Crippen LogP contribution in [0.3, 0.4) is 0 Å². The Kier molecular flexibility index (Phi) is 5.53. The number of aryl methyl sites for hydroxylation is 1. The molecule has 1 nitrogen and oxygen atoms in total. The predicted octanol–water partition coefficient (Wildman–Crippen LogP) is 4.03. The first-order valence-corrected chi connectivity index (χ1v) is 6.98. The number of rotatable bonds is 5. The minimum atomic E-state index is -4.27. The first-order valence-electron chi connectivity index (χ1n) is 5.83. The van der Waals surface area contributed by atoms with Gasteiger partial charge >= 0.3 is 6.18 Å². The highest BCUT2D eigenvalue weighted by atomic mass is 32.2. The fraction of sp³-hybridized carbons (Fsp3) is 0.538. The molecule has 1 aromatic rings. The Bertz CT molecular complexity index is 390. The predicted molar refractivity (Wildman–Crippen MR) is 71.0 cm³/mol. The normalized spacial score (nSPS) is 13.7. The zero-order valence-corrected chi connectivity index (χ0v) is 11.6. The molecule has 5 heteroatoms. The SMILES string of the molecule is CCSCC(NC)c1ccc(C(F)(F)F)cc1C. The van der Waals surface area contributed by atoms with E-state index in [9.17, 15) is 13.2 Å². The number of benzene rings is 1. The van der Waals surface area contributed by atoms with E-state index < -0.39 is 11.7 Å². The molecule has 18 heavy (non-hydrogen) atoms. The van der Waals surface area contributed by atoms with Gasteiger partial charge in [0.1, 0.15) is 0 Å². The maximum absolute atomic E-state index is 12.6. The van der Waals surface area contributed by atoms with Crippen LogP contribution in [0.2, 0.25) is 0 Å². The third kappa shape index (κ3) is 3.92. The lowest BCUT2D eigenvalue weighted by Crippen LogP contribution is -2.20. The summed E-state index contributed by atoms with van der Waals surface area (Å²) in [5.41, 5.74) is 1.04. The molecule has 0 saturated heterocycles. The van der Waals surface area contributed by atoms with Crippen LogP contribution in [0.25, 0.3) is 0 Å². The Morgan fingerprint density at radius 1 is 1.33 bits per heavy atom. The van der Waals surface area contributed by atoms with Gasteiger partial charge in [0.25, 0.3) is 0 Å². The fourth-order valence-corrected chi connectivity index (χ4v) is 2.62. The molecule has 0 spiro atoms. The second-order valence-electron chi connectivity index (χ2n) is 4.07. The number of thioether (sulfide) groups is 1. The highest BCUT2D eigenvalue weighted by Gasteiger charge is 2.30. The van der Waals surface area contributed by atoms with E-state index in [1.807, 2.05) is 7.05 Å². The molecule has 0 fully saturated rings. The maximum atomic E-state index is 12.6. The maximum Gasteiger partial charge on any atom is 0.416 e. The molecule has 1 rings (SSSR count). The molecule has 102 valence electrons. The first-order chi connectivity index (χ1) is 8.40. The topological polar surface area (TPSA) is 12.0 Å². The van der Waals surface area contributed by atoms with Crippen molar-refractivity contribution < 1.29 is 13.2 Å². The first kappa shape index (κ1) is 15.4. The van der Waals surface area contributed by atoms with Gasteiger partial charge in [-0.3, -0.25) is 0 Å². The van der Waals surface area contributed by atoms with Gasteiger partial charge in [0, 0.05) is 11.8 Å². The van der Waals surface area contributed by atoms with Gasteiger partial charge < -0.3 is 5.32 Å². The van der Waals surface area contributed by atoms with Crippen molar-refractivity contribution in [1.82, 2.24) is 5.32 Å². The molecular formula is C13H18F3NS. The van der Waals surface area contributed by atoms with E-state index in [1.165, 1.54) is 6.07 Å². The molecule has 0 heterocycles. The summed E-state index contributed by atoms with van der Waals surface area (Å²) in [7, 11) is 1.83. The molecule has 0 aromatic heterocycles. The average molecular weight is 277 g/mol. The van der Waals surface area contributed by atoms with Crippen LogP contribution in [0.5, 0.6) is 0 Å². The Labute approximate surface area is 110 Å². The molecule has 0 amide bonds. The number of nitrogens with one attached hydrogen (secondary N) is 1. The van der Waals surface area contributed by atoms with Crippen molar-refractivity contribution in [1.29, 1.82) is 0 Å². The van der Waals surface area contributed by atoms with Crippen LogP contribution < -0.4 is 5.32 Å². The van der Waals surface area contributed by atoms with Crippen molar-refractivity contribution in [3.63, 3.8) is 0 Å². The summed E-state index contributed by atoms with van der Waals surface area (Å²) in [5.74, 6) is 1.86. The molecule has 0 bridgehead atoms. The van der Waals surface area contributed by atoms with Gasteiger partial charge in [-0.2, -0.15) is 24.9 Å². The van der Waals surface area contributed by atoms with Crippen molar-refractivity contribution in [3.8, 4) is 0 Å². The Morgan fingerprint density at radius 3 is 2.44 bits per heavy atom. The van der Waals surface area contributed by atoms with Gasteiger partial charge in [0.2, 0.25) is 0 Å². The quantitative estimate of drug-likeness (QED) is 0.872. The zero-order valence-electron chi connectivity index (χ0n) is 10.8. The van der Waals surface area contributed by atoms with Crippen LogP contribution in [0.1, 0.15) is 29.7 Å². The molecule has 0 saturated carbocycles. The fourth-order valence-electron chi connectivity index (χ4n) is 1.81. The molecule has 0 aliphatic carbocycles. The second-order valence-corrected chi connectivity index (χ2v) is 5.39. The average Bonchev–Trinajstić information content (AvgIpc) is 2.30. The Balaban J connectivity index is 2.96. The lowest BCUT2D eigenvalue weighted by molar-refractivity contribution is -0.137. The standard InChI is InChI=1S/C13H18F3NS/c1-4-18-8-12(17-3)11-6-5-10(7-9(11)2)13(14,15)16/h5-7,12,17H,4,8H2,1-3H3. The van der Waals surface area contributed by atoms with Gasteiger partial charge in [-0.1, -0.05) is 13.0 Å². The summed E-state index contributed by atoms with van der Waals surface area (Å²) in [6.07, 6.45) is -4.27. The summed E-state index contributed by atoms with van der Waals surface area (Å²) in [6, 6.07) is 4.05. The van der Waals surface area contributed by atoms with Gasteiger partial charge in [0.05, 0.1) is 5.56 Å². The smallest absolute Gasteiger partial charge is 0.312 e. The van der Waals surface area contributed by atoms with Crippen molar-refractivity contribution in [2.24, 2.45) is 0 Å². The van der Waals surface area contributed by atoms with E-state index in [2.05, 4.69) is 12.2 Å². The summed E-state index contributed by atoms with van der Waals surface area (Å²) >= 11 is 1.77. The van der Waals surface area contributed by atoms with E-state index in [-0.39, 0.29) is 6.04 Å². The lowest BCUT2D eigenvalue weighted by Gasteiger charge is -2.19. The van der Waals surface area contributed by atoms with Gasteiger partial charge in [-0.15, -0.1) is 0 Å². The van der Waals surface area contributed by atoms with Crippen LogP contribution in [-0.4, -0.2) is 18.6 Å². The van der Waals surface area contributed by atoms with E-state index in [1.54, 1.807) is 24.8 Å². The van der Waals surface area contributed by atoms with Gasteiger partial charge in [-0.05, 0) is 43.0 Å². The number of halogens is 3. The largest absolute Gasteiger partial charge is 0.416 e. The van der Waals surface area contributed by atoms with Crippen LogP contribution in [0.4, 0.5) is 13.2 Å². The van der Waals surface area contributed by atoms with Crippen molar-refractivity contribution in [2.75, 3.05) is 18.6 Å². The number of alkyl halides is 3. The summed E-state index contributed by atoms with van der Waals surface area (Å²) in [6.45, 7) is 3.79. The monoisotopic (exact) mass is 277 g/mol. The molecule has 0 radical (unpaired) electrons. The third-order valence-corrected chi connectivity index (χ3v) is 3.79. The minimum absolute atomic E-state index is 0.0947. The molecule has 1 N–H and O–H groups in total. The summed E-state index contributed by atoms with van der Waals surface area (Å²) in [5, 5.41) is 3.15. The van der Waals surface area contributed by atoms with Crippen LogP contribution in [0, 0.1) is 6.92 Å². The van der Waals surface area contributed by atoms with Crippen LogP contribution >= 0.6 is 11.8 Å². The minimum Gasteiger partial charge on any atom is -0.312 e. The second kappa shape index (κ2) is 6.48. The summed E-state index contributed by atoms with van der Waals surface area (Å²) in [4.78, 5) is 0. The highest BCUT2D eigenvalue weighted by molar-refractivity contribution is 7.99. The van der Waals surface area contributed by atoms with Crippen molar-refractivity contribution in [2.45, 2.75) is 26.1 Å². The van der Waals surface area contributed by atoms with E-state index in [0.29, 0.717) is 5.56 Å². The summed E-state index contributed by atoms with van der Waals surface area (Å²) < 4.78 is 37.7. The Morgan fingerprint density at radius 2 is 2.00 bits per heavy atom. The molecule has 1 atom stereocenters. The van der Waals surface area contributed by atoms with Crippen molar-refractivity contribution in [3.05, 3.63) is 34.9 Å². The van der Waals surface area contributed by atoms with E-state index >= 15 is 0 Å². The molecule has 1 aromatic carbocycles. The van der Waals surface area contributed by atoms with Crippen molar-refractivity contribution >= 4 is 11.8 Å². The van der Waals surface area contributed by atoms with Gasteiger partial charge in [-0.25, -0.2) is 0 Å². The zero-order chi connectivity index (χ0) is 13.8. The van der Waals surface area contributed by atoms with E-state index in [4.69, 9.17) is 0 Å². The molecule has 0 aliphatic rings. The number of hydrogen-bond acceptors (Lipinski definition) is 2. The number of hydrogen-bond donors (Lipinski definition) is 1. The molecule has 0 aliphatic heterocycles. The lowest BCUT2D eigenvalue weighted by atomic mass is 10.00. The van der Waals surface area contributed by atoms with Crippen LogP contribution in [0.15, 0.2) is 18.2 Å².